The maximum Gasteiger partial charge on any atom is 0.446 e. The number of alkyl halides is 4. The van der Waals surface area contributed by atoms with E-state index in [0.29, 0.717) is 4.90 Å². The summed E-state index contributed by atoms with van der Waals surface area (Å²) in [5, 5.41) is 0.251. The molecule has 0 saturated heterocycles. The highest BCUT2D eigenvalue weighted by atomic mass is 79.9. The van der Waals surface area contributed by atoms with Crippen molar-refractivity contribution in [3.8, 4) is 0 Å². The zero-order chi connectivity index (χ0) is 13.8. The standard InChI is InChI=1S/C11H10BrF3OS2/c1-17-10-5-7(4-8(16)6-12)2-3-9(10)18-11(13,14)15/h2-3,5H,4,6H2,1H3. The molecule has 0 radical (unpaired) electrons. The average Bonchev–Trinajstić information content (AvgIpc) is 2.29. The van der Waals surface area contributed by atoms with Crippen LogP contribution in [0.25, 0.3) is 0 Å². The van der Waals surface area contributed by atoms with E-state index in [9.17, 15) is 18.0 Å². The van der Waals surface area contributed by atoms with Crippen molar-refractivity contribution in [1.29, 1.82) is 0 Å². The lowest BCUT2D eigenvalue weighted by Gasteiger charge is -2.11. The van der Waals surface area contributed by atoms with E-state index in [1.807, 2.05) is 0 Å². The number of carbonyl (C=O) groups excluding carboxylic acids is 1. The first-order valence-electron chi connectivity index (χ1n) is 4.86. The molecule has 1 nitrogen and oxygen atoms in total. The van der Waals surface area contributed by atoms with Crippen molar-refractivity contribution in [2.45, 2.75) is 21.7 Å². The molecule has 0 aliphatic rings. The molecule has 0 atom stereocenters. The van der Waals surface area contributed by atoms with E-state index in [2.05, 4.69) is 15.9 Å². The molecule has 1 rings (SSSR count). The molecular formula is C11H10BrF3OS2. The highest BCUT2D eigenvalue weighted by Crippen LogP contribution is 2.41. The third kappa shape index (κ3) is 5.24. The van der Waals surface area contributed by atoms with Crippen molar-refractivity contribution >= 4 is 45.2 Å². The summed E-state index contributed by atoms with van der Waals surface area (Å²) >= 11 is 4.17. The Morgan fingerprint density at radius 2 is 2.00 bits per heavy atom. The molecule has 0 bridgehead atoms. The number of carbonyl (C=O) groups is 1. The zero-order valence-electron chi connectivity index (χ0n) is 9.38. The minimum absolute atomic E-state index is 0.00159. The second kappa shape index (κ2) is 6.86. The fourth-order valence-electron chi connectivity index (χ4n) is 1.31. The number of rotatable bonds is 5. The smallest absolute Gasteiger partial charge is 0.298 e. The Morgan fingerprint density at radius 3 is 2.50 bits per heavy atom. The van der Waals surface area contributed by atoms with Crippen molar-refractivity contribution in [2.24, 2.45) is 0 Å². The Kier molecular flexibility index (Phi) is 6.07. The molecule has 18 heavy (non-hydrogen) atoms. The van der Waals surface area contributed by atoms with Crippen LogP contribution >= 0.6 is 39.5 Å². The van der Waals surface area contributed by atoms with Crippen molar-refractivity contribution < 1.29 is 18.0 Å². The summed E-state index contributed by atoms with van der Waals surface area (Å²) in [6.07, 6.45) is 1.95. The van der Waals surface area contributed by atoms with Crippen LogP contribution in [-0.2, 0) is 11.2 Å². The molecule has 1 aromatic rings. The van der Waals surface area contributed by atoms with E-state index in [1.165, 1.54) is 17.8 Å². The highest BCUT2D eigenvalue weighted by molar-refractivity contribution is 9.09. The van der Waals surface area contributed by atoms with Gasteiger partial charge in [-0.3, -0.25) is 4.79 Å². The fraction of sp³-hybridized carbons (Fsp3) is 0.364. The Hall–Kier alpha value is -0.140. The van der Waals surface area contributed by atoms with Crippen LogP contribution < -0.4 is 0 Å². The Morgan fingerprint density at radius 1 is 1.33 bits per heavy atom. The second-order valence-corrected chi connectivity index (χ2v) is 5.90. The average molecular weight is 359 g/mol. The van der Waals surface area contributed by atoms with E-state index >= 15 is 0 Å². The molecule has 0 unspecified atom stereocenters. The van der Waals surface area contributed by atoms with Gasteiger partial charge in [0.25, 0.3) is 0 Å². The molecule has 0 amide bonds. The summed E-state index contributed by atoms with van der Waals surface area (Å²) in [6, 6.07) is 4.62. The van der Waals surface area contributed by atoms with Crippen LogP contribution in [0.15, 0.2) is 28.0 Å². The minimum atomic E-state index is -4.29. The van der Waals surface area contributed by atoms with E-state index in [0.717, 1.165) is 5.56 Å². The monoisotopic (exact) mass is 358 g/mol. The minimum Gasteiger partial charge on any atom is -0.298 e. The highest BCUT2D eigenvalue weighted by Gasteiger charge is 2.30. The van der Waals surface area contributed by atoms with Gasteiger partial charge in [0.15, 0.2) is 0 Å². The van der Waals surface area contributed by atoms with Crippen molar-refractivity contribution in [1.82, 2.24) is 0 Å². The summed E-state index contributed by atoms with van der Waals surface area (Å²) < 4.78 is 36.9. The Labute approximate surface area is 120 Å². The molecule has 1 aromatic carbocycles. The van der Waals surface area contributed by atoms with Crippen LogP contribution in [0.5, 0.6) is 0 Å². The molecule has 7 heteroatoms. The van der Waals surface area contributed by atoms with Gasteiger partial charge in [0.2, 0.25) is 0 Å². The van der Waals surface area contributed by atoms with Gasteiger partial charge in [0.1, 0.15) is 5.78 Å². The van der Waals surface area contributed by atoms with E-state index < -0.39 is 5.51 Å². The van der Waals surface area contributed by atoms with Gasteiger partial charge in [-0.1, -0.05) is 22.0 Å². The number of hydrogen-bond acceptors (Lipinski definition) is 3. The molecule has 0 spiro atoms. The maximum absolute atomic E-state index is 12.3. The van der Waals surface area contributed by atoms with Crippen LogP contribution in [0.4, 0.5) is 13.2 Å². The molecule has 0 saturated carbocycles. The molecule has 0 fully saturated rings. The van der Waals surface area contributed by atoms with Crippen LogP contribution in [0, 0.1) is 0 Å². The van der Waals surface area contributed by atoms with Crippen molar-refractivity contribution in [2.75, 3.05) is 11.6 Å². The second-order valence-electron chi connectivity index (χ2n) is 3.38. The summed E-state index contributed by atoms with van der Waals surface area (Å²) in [5.41, 5.74) is -3.56. The summed E-state index contributed by atoms with van der Waals surface area (Å²) in [6.45, 7) is 0. The number of thioether (sulfide) groups is 2. The van der Waals surface area contributed by atoms with Crippen LogP contribution in [-0.4, -0.2) is 22.9 Å². The summed E-state index contributed by atoms with van der Waals surface area (Å²) in [5.74, 6) is -0.00159. The Bertz CT molecular complexity index is 435. The van der Waals surface area contributed by atoms with Gasteiger partial charge >= 0.3 is 5.51 Å². The summed E-state index contributed by atoms with van der Waals surface area (Å²) in [4.78, 5) is 12.0. The molecule has 100 valence electrons. The molecule has 0 heterocycles. The zero-order valence-corrected chi connectivity index (χ0v) is 12.6. The van der Waals surface area contributed by atoms with E-state index in [-0.39, 0.29) is 34.2 Å². The topological polar surface area (TPSA) is 17.1 Å². The van der Waals surface area contributed by atoms with Gasteiger partial charge in [0.05, 0.1) is 5.33 Å². The summed E-state index contributed by atoms with van der Waals surface area (Å²) in [7, 11) is 0. The lowest BCUT2D eigenvalue weighted by molar-refractivity contribution is -0.115. The van der Waals surface area contributed by atoms with Crippen LogP contribution in [0.3, 0.4) is 0 Å². The quantitative estimate of drug-likeness (QED) is 0.568. The van der Waals surface area contributed by atoms with Gasteiger partial charge in [0, 0.05) is 16.2 Å². The third-order valence-electron chi connectivity index (χ3n) is 2.00. The van der Waals surface area contributed by atoms with Crippen LogP contribution in [0.1, 0.15) is 5.56 Å². The first-order valence-corrected chi connectivity index (χ1v) is 8.02. The maximum atomic E-state index is 12.3. The number of benzene rings is 1. The van der Waals surface area contributed by atoms with Crippen molar-refractivity contribution in [3.05, 3.63) is 23.8 Å². The third-order valence-corrected chi connectivity index (χ3v) is 4.34. The predicted molar refractivity (Wildman–Crippen MR) is 72.6 cm³/mol. The van der Waals surface area contributed by atoms with Gasteiger partial charge in [-0.2, -0.15) is 13.2 Å². The lowest BCUT2D eigenvalue weighted by atomic mass is 10.1. The van der Waals surface area contributed by atoms with Gasteiger partial charge in [-0.25, -0.2) is 0 Å². The first-order chi connectivity index (χ1) is 8.35. The number of ketones is 1. The fourth-order valence-corrected chi connectivity index (χ4v) is 2.96. The number of halogens is 4. The van der Waals surface area contributed by atoms with Gasteiger partial charge < -0.3 is 0 Å². The predicted octanol–water partition coefficient (Wildman–Crippen LogP) is 4.53. The Balaban J connectivity index is 2.93. The molecular weight excluding hydrogens is 349 g/mol. The molecule has 0 aromatic heterocycles. The number of hydrogen-bond donors (Lipinski definition) is 0. The van der Waals surface area contributed by atoms with Crippen molar-refractivity contribution in [3.63, 3.8) is 0 Å². The van der Waals surface area contributed by atoms with Gasteiger partial charge in [-0.15, -0.1) is 11.8 Å². The molecule has 0 N–H and O–H groups in total. The normalized spacial score (nSPS) is 11.6. The SMILES string of the molecule is CSc1cc(CC(=O)CBr)ccc1SC(F)(F)F. The van der Waals surface area contributed by atoms with Gasteiger partial charge in [-0.05, 0) is 35.7 Å². The number of Topliss-reactive ketones (excluding diaryl/α,β-unsaturated/α-hetero) is 1. The first kappa shape index (κ1) is 15.9. The molecule has 0 aliphatic heterocycles. The largest absolute Gasteiger partial charge is 0.446 e. The van der Waals surface area contributed by atoms with E-state index in [4.69, 9.17) is 0 Å². The lowest BCUT2D eigenvalue weighted by Crippen LogP contribution is -2.04. The molecule has 0 aliphatic carbocycles. The van der Waals surface area contributed by atoms with E-state index in [1.54, 1.807) is 18.4 Å². The van der Waals surface area contributed by atoms with Crippen LogP contribution in [0.2, 0.25) is 0 Å².